The predicted molar refractivity (Wildman–Crippen MR) is 48.6 cm³/mol. The van der Waals surface area contributed by atoms with Gasteiger partial charge in [0.05, 0.1) is 0 Å². The summed E-state index contributed by atoms with van der Waals surface area (Å²) < 4.78 is 0. The zero-order chi connectivity index (χ0) is 8.69. The predicted octanol–water partition coefficient (Wildman–Crippen LogP) is 1.67. The lowest BCUT2D eigenvalue weighted by Crippen LogP contribution is -2.02. The third kappa shape index (κ3) is 6.38. The summed E-state index contributed by atoms with van der Waals surface area (Å²) in [5, 5.41) is 8.70. The van der Waals surface area contributed by atoms with Crippen LogP contribution < -0.4 is 0 Å². The Morgan fingerprint density at radius 2 is 2.09 bits per heavy atom. The summed E-state index contributed by atoms with van der Waals surface area (Å²) in [5.74, 6) is 0.978. The Morgan fingerprint density at radius 3 is 2.55 bits per heavy atom. The number of hydrogen-bond acceptors (Lipinski definition) is 3. The standard InChI is InChI=1S/C8H16O2S/c1-7(2)8(10)11-6-4-3-5-9/h7,9H,3-6H2,1-2H3. The van der Waals surface area contributed by atoms with Crippen LogP contribution in [0.5, 0.6) is 0 Å². The molecular weight excluding hydrogens is 160 g/mol. The van der Waals surface area contributed by atoms with Crippen LogP contribution in [0.25, 0.3) is 0 Å². The van der Waals surface area contributed by atoms with Crippen molar-refractivity contribution < 1.29 is 9.90 Å². The summed E-state index contributed by atoms with van der Waals surface area (Å²) in [5.41, 5.74) is 0. The number of unbranched alkanes of at least 4 members (excludes halogenated alkanes) is 1. The van der Waals surface area contributed by atoms with Gasteiger partial charge in [-0.05, 0) is 12.8 Å². The molecule has 3 heteroatoms. The summed E-state index contributed by atoms with van der Waals surface area (Å²) in [6.07, 6.45) is 1.73. The number of thioether (sulfide) groups is 1. The Labute approximate surface area is 72.4 Å². The highest BCUT2D eigenvalue weighted by molar-refractivity contribution is 8.13. The largest absolute Gasteiger partial charge is 0.396 e. The number of hydrogen-bond donors (Lipinski definition) is 1. The van der Waals surface area contributed by atoms with E-state index in [-0.39, 0.29) is 17.6 Å². The van der Waals surface area contributed by atoms with Gasteiger partial charge in [-0.1, -0.05) is 25.6 Å². The van der Waals surface area contributed by atoms with Crippen molar-refractivity contribution >= 4 is 16.9 Å². The second-order valence-electron chi connectivity index (χ2n) is 2.75. The monoisotopic (exact) mass is 176 g/mol. The summed E-state index contributed by atoms with van der Waals surface area (Å²) in [7, 11) is 0. The van der Waals surface area contributed by atoms with Gasteiger partial charge in [0.25, 0.3) is 0 Å². The Kier molecular flexibility index (Phi) is 6.66. The first kappa shape index (κ1) is 11.0. The van der Waals surface area contributed by atoms with Crippen molar-refractivity contribution in [3.05, 3.63) is 0 Å². The molecule has 0 aromatic carbocycles. The molecule has 11 heavy (non-hydrogen) atoms. The van der Waals surface area contributed by atoms with Crippen molar-refractivity contribution in [2.24, 2.45) is 5.92 Å². The fourth-order valence-electron chi connectivity index (χ4n) is 0.553. The van der Waals surface area contributed by atoms with Gasteiger partial charge in [-0.15, -0.1) is 0 Å². The van der Waals surface area contributed by atoms with Crippen LogP contribution in [0.4, 0.5) is 0 Å². The normalized spacial score (nSPS) is 10.5. The van der Waals surface area contributed by atoms with E-state index in [0.717, 1.165) is 18.6 Å². The number of carbonyl (C=O) groups excluding carboxylic acids is 1. The van der Waals surface area contributed by atoms with Gasteiger partial charge in [0, 0.05) is 18.3 Å². The average molecular weight is 176 g/mol. The molecule has 0 saturated heterocycles. The van der Waals surface area contributed by atoms with Crippen molar-refractivity contribution in [2.45, 2.75) is 26.7 Å². The Bertz CT molecular complexity index is 113. The molecule has 66 valence electrons. The van der Waals surface area contributed by atoms with E-state index >= 15 is 0 Å². The van der Waals surface area contributed by atoms with Crippen LogP contribution in [0.3, 0.4) is 0 Å². The molecule has 0 aliphatic heterocycles. The van der Waals surface area contributed by atoms with Gasteiger partial charge in [-0.25, -0.2) is 0 Å². The maximum atomic E-state index is 11.0. The first-order chi connectivity index (χ1) is 5.18. The van der Waals surface area contributed by atoms with Gasteiger partial charge >= 0.3 is 0 Å². The third-order valence-electron chi connectivity index (χ3n) is 1.27. The molecule has 0 aliphatic rings. The van der Waals surface area contributed by atoms with Gasteiger partial charge in [0.1, 0.15) is 0 Å². The summed E-state index contributed by atoms with van der Waals surface area (Å²) in [6, 6.07) is 0. The molecule has 1 N–H and O–H groups in total. The fourth-order valence-corrected chi connectivity index (χ4v) is 1.44. The van der Waals surface area contributed by atoms with Crippen LogP contribution in [0, 0.1) is 5.92 Å². The third-order valence-corrected chi connectivity index (χ3v) is 2.52. The van der Waals surface area contributed by atoms with Gasteiger partial charge in [-0.3, -0.25) is 4.79 Å². The van der Waals surface area contributed by atoms with E-state index in [1.807, 2.05) is 13.8 Å². The highest BCUT2D eigenvalue weighted by atomic mass is 32.2. The van der Waals surface area contributed by atoms with E-state index in [1.54, 1.807) is 0 Å². The van der Waals surface area contributed by atoms with Crippen molar-refractivity contribution in [1.82, 2.24) is 0 Å². The van der Waals surface area contributed by atoms with Gasteiger partial charge < -0.3 is 5.11 Å². The SMILES string of the molecule is CC(C)C(=O)SCCCCO. The average Bonchev–Trinajstić information content (AvgIpc) is 1.97. The van der Waals surface area contributed by atoms with E-state index in [2.05, 4.69) is 0 Å². The molecule has 0 spiro atoms. The van der Waals surface area contributed by atoms with Crippen LogP contribution in [0.1, 0.15) is 26.7 Å². The molecule has 0 bridgehead atoms. The van der Waals surface area contributed by atoms with E-state index < -0.39 is 0 Å². The second-order valence-corrected chi connectivity index (χ2v) is 3.85. The van der Waals surface area contributed by atoms with Crippen molar-refractivity contribution in [2.75, 3.05) is 12.4 Å². The van der Waals surface area contributed by atoms with E-state index in [9.17, 15) is 4.79 Å². The minimum atomic E-state index is 0.133. The highest BCUT2D eigenvalue weighted by Gasteiger charge is 2.06. The Morgan fingerprint density at radius 1 is 1.45 bits per heavy atom. The van der Waals surface area contributed by atoms with Gasteiger partial charge in [0.15, 0.2) is 5.12 Å². The van der Waals surface area contributed by atoms with Crippen molar-refractivity contribution in [3.63, 3.8) is 0 Å². The zero-order valence-corrected chi connectivity index (χ0v) is 7.99. The fraction of sp³-hybridized carbons (Fsp3) is 0.875. The minimum Gasteiger partial charge on any atom is -0.396 e. The Hall–Kier alpha value is -0.0200. The Balaban J connectivity index is 3.18. The summed E-state index contributed by atoms with van der Waals surface area (Å²) in [6.45, 7) is 4.04. The van der Waals surface area contributed by atoms with Crippen LogP contribution >= 0.6 is 11.8 Å². The summed E-state index contributed by atoms with van der Waals surface area (Å²) in [4.78, 5) is 11.0. The van der Waals surface area contributed by atoms with Gasteiger partial charge in [0.2, 0.25) is 0 Å². The van der Waals surface area contributed by atoms with E-state index in [0.29, 0.717) is 0 Å². The molecule has 0 saturated carbocycles. The zero-order valence-electron chi connectivity index (χ0n) is 7.17. The summed E-state index contributed by atoms with van der Waals surface area (Å²) >= 11 is 1.37. The topological polar surface area (TPSA) is 37.3 Å². The lowest BCUT2D eigenvalue weighted by Gasteiger charge is -2.01. The molecule has 0 amide bonds. The molecule has 0 rings (SSSR count). The number of carbonyl (C=O) groups is 1. The van der Waals surface area contributed by atoms with Crippen molar-refractivity contribution in [3.8, 4) is 0 Å². The molecule has 0 fully saturated rings. The molecule has 0 radical (unpaired) electrons. The van der Waals surface area contributed by atoms with Crippen LogP contribution in [0.2, 0.25) is 0 Å². The molecule has 0 aromatic rings. The van der Waals surface area contributed by atoms with E-state index in [1.165, 1.54) is 11.8 Å². The highest BCUT2D eigenvalue weighted by Crippen LogP contribution is 2.11. The quantitative estimate of drug-likeness (QED) is 0.647. The second kappa shape index (κ2) is 6.68. The molecule has 0 heterocycles. The molecule has 0 unspecified atom stereocenters. The van der Waals surface area contributed by atoms with Crippen molar-refractivity contribution in [1.29, 1.82) is 0 Å². The van der Waals surface area contributed by atoms with Crippen LogP contribution in [-0.2, 0) is 4.79 Å². The molecule has 2 nitrogen and oxygen atoms in total. The lowest BCUT2D eigenvalue weighted by molar-refractivity contribution is -0.113. The number of rotatable bonds is 5. The maximum Gasteiger partial charge on any atom is 0.191 e. The lowest BCUT2D eigenvalue weighted by atomic mass is 10.3. The molecule has 0 aliphatic carbocycles. The minimum absolute atomic E-state index is 0.133. The smallest absolute Gasteiger partial charge is 0.191 e. The molecule has 0 aromatic heterocycles. The first-order valence-corrected chi connectivity index (χ1v) is 4.94. The van der Waals surface area contributed by atoms with Gasteiger partial charge in [-0.2, -0.15) is 0 Å². The van der Waals surface area contributed by atoms with Crippen LogP contribution in [-0.4, -0.2) is 22.6 Å². The first-order valence-electron chi connectivity index (χ1n) is 3.96. The van der Waals surface area contributed by atoms with Crippen LogP contribution in [0.15, 0.2) is 0 Å². The number of aliphatic hydroxyl groups is 1. The maximum absolute atomic E-state index is 11.0. The van der Waals surface area contributed by atoms with E-state index in [4.69, 9.17) is 5.11 Å². The number of aliphatic hydroxyl groups excluding tert-OH is 1. The molecular formula is C8H16O2S. The molecule has 0 atom stereocenters.